The van der Waals surface area contributed by atoms with Crippen LogP contribution in [0.5, 0.6) is 0 Å². The van der Waals surface area contributed by atoms with Crippen LogP contribution >= 0.6 is 27.3 Å². The zero-order chi connectivity index (χ0) is 20.1. The van der Waals surface area contributed by atoms with Crippen LogP contribution in [0, 0.1) is 5.92 Å². The number of nitrogen functional groups attached to an aromatic ring is 1. The highest BCUT2D eigenvalue weighted by molar-refractivity contribution is 9.10. The van der Waals surface area contributed by atoms with E-state index < -0.39 is 5.97 Å². The van der Waals surface area contributed by atoms with E-state index in [9.17, 15) is 9.90 Å². The molecule has 0 aromatic carbocycles. The number of rotatable bonds is 3. The van der Waals surface area contributed by atoms with E-state index in [0.29, 0.717) is 18.7 Å². The average molecular weight is 474 g/mol. The van der Waals surface area contributed by atoms with Crippen molar-refractivity contribution in [2.75, 3.05) is 5.73 Å². The van der Waals surface area contributed by atoms with E-state index in [4.69, 9.17) is 10.7 Å². The number of aliphatic carboxylic acids is 1. The normalized spacial score (nSPS) is 24.0. The van der Waals surface area contributed by atoms with Crippen LogP contribution in [0.2, 0.25) is 0 Å². The summed E-state index contributed by atoms with van der Waals surface area (Å²) >= 11 is 5.27. The van der Waals surface area contributed by atoms with Gasteiger partial charge in [-0.2, -0.15) is 9.61 Å². The summed E-state index contributed by atoms with van der Waals surface area (Å²) in [6.07, 6.45) is 7.62. The standard InChI is InChI=1S/C20H20BrN5O2S/c21-15-16(10-1-3-11(4-2-10)20(27)28)25-18-14(9-24-26(18)17(15)22)13-7-12-5-6-29-19(12)23-8-13/h5-6,8-11,13H,1-4,7,22H2,(H,27,28). The molecule has 5 rings (SSSR count). The van der Waals surface area contributed by atoms with Crippen molar-refractivity contribution in [3.8, 4) is 0 Å². The Morgan fingerprint density at radius 2 is 2.10 bits per heavy atom. The fourth-order valence-corrected chi connectivity index (χ4v) is 5.78. The third-order valence-corrected chi connectivity index (χ3v) is 7.75. The largest absolute Gasteiger partial charge is 0.481 e. The molecular weight excluding hydrogens is 454 g/mol. The molecule has 29 heavy (non-hydrogen) atoms. The number of carbonyl (C=O) groups is 1. The van der Waals surface area contributed by atoms with Crippen molar-refractivity contribution in [2.24, 2.45) is 10.9 Å². The van der Waals surface area contributed by atoms with Crippen LogP contribution in [0.4, 0.5) is 10.8 Å². The number of carboxylic acids is 1. The summed E-state index contributed by atoms with van der Waals surface area (Å²) in [5.41, 5.74) is 10.3. The first-order chi connectivity index (χ1) is 14.0. The fraction of sp³-hybridized carbons (Fsp3) is 0.400. The van der Waals surface area contributed by atoms with E-state index in [-0.39, 0.29) is 17.8 Å². The minimum atomic E-state index is -0.701. The van der Waals surface area contributed by atoms with Crippen LogP contribution in [-0.4, -0.2) is 31.9 Å². The maximum Gasteiger partial charge on any atom is 0.306 e. The van der Waals surface area contributed by atoms with Crippen LogP contribution in [0.3, 0.4) is 0 Å². The molecule has 3 aromatic heterocycles. The Morgan fingerprint density at radius 1 is 1.31 bits per heavy atom. The topological polar surface area (TPSA) is 106 Å². The van der Waals surface area contributed by atoms with Crippen molar-refractivity contribution in [1.82, 2.24) is 14.6 Å². The molecular formula is C20H20BrN5O2S. The summed E-state index contributed by atoms with van der Waals surface area (Å²) in [5, 5.41) is 16.9. The Bertz CT molecular complexity index is 1130. The lowest BCUT2D eigenvalue weighted by molar-refractivity contribution is -0.142. The Morgan fingerprint density at radius 3 is 2.86 bits per heavy atom. The molecule has 7 nitrogen and oxygen atoms in total. The molecule has 150 valence electrons. The molecule has 1 saturated carbocycles. The molecule has 1 aliphatic heterocycles. The van der Waals surface area contributed by atoms with Gasteiger partial charge >= 0.3 is 5.97 Å². The van der Waals surface area contributed by atoms with E-state index in [2.05, 4.69) is 37.5 Å². The molecule has 1 fully saturated rings. The highest BCUT2D eigenvalue weighted by Gasteiger charge is 2.31. The Hall–Kier alpha value is -2.26. The number of thiophene rings is 1. The van der Waals surface area contributed by atoms with Crippen molar-refractivity contribution < 1.29 is 9.90 Å². The van der Waals surface area contributed by atoms with Crippen LogP contribution < -0.4 is 5.73 Å². The monoisotopic (exact) mass is 473 g/mol. The Kier molecular flexibility index (Phi) is 4.66. The van der Waals surface area contributed by atoms with Crippen molar-refractivity contribution in [3.05, 3.63) is 38.9 Å². The number of nitrogens with zero attached hydrogens (tertiary/aromatic N) is 4. The van der Waals surface area contributed by atoms with Crippen molar-refractivity contribution in [1.29, 1.82) is 0 Å². The lowest BCUT2D eigenvalue weighted by atomic mass is 9.80. The molecule has 3 aromatic rings. The third kappa shape index (κ3) is 3.16. The molecule has 1 atom stereocenters. The number of nitrogens with two attached hydrogens (primary N) is 1. The van der Waals surface area contributed by atoms with E-state index in [1.165, 1.54) is 5.56 Å². The van der Waals surface area contributed by atoms with Gasteiger partial charge in [0.05, 0.1) is 22.3 Å². The first-order valence-electron chi connectivity index (χ1n) is 9.68. The molecule has 9 heteroatoms. The van der Waals surface area contributed by atoms with Gasteiger partial charge in [-0.15, -0.1) is 11.3 Å². The lowest BCUT2D eigenvalue weighted by Gasteiger charge is -2.27. The third-order valence-electron chi connectivity index (χ3n) is 6.07. The Balaban J connectivity index is 1.51. The highest BCUT2D eigenvalue weighted by Crippen LogP contribution is 2.41. The lowest BCUT2D eigenvalue weighted by Crippen LogP contribution is -2.21. The van der Waals surface area contributed by atoms with Gasteiger partial charge < -0.3 is 10.8 Å². The quantitative estimate of drug-likeness (QED) is 0.580. The number of fused-ring (bicyclic) bond motifs is 2. The Labute approximate surface area is 179 Å². The second-order valence-corrected chi connectivity index (χ2v) is 9.45. The summed E-state index contributed by atoms with van der Waals surface area (Å²) < 4.78 is 2.44. The molecule has 0 amide bonds. The number of halogens is 1. The number of hydrogen-bond donors (Lipinski definition) is 2. The van der Waals surface area contributed by atoms with Crippen molar-refractivity contribution in [2.45, 2.75) is 43.9 Å². The molecule has 0 spiro atoms. The minimum Gasteiger partial charge on any atom is -0.481 e. The number of aliphatic imine (C=N–C) groups is 1. The summed E-state index contributed by atoms with van der Waals surface area (Å²) in [5.74, 6) is -0.125. The van der Waals surface area contributed by atoms with E-state index >= 15 is 0 Å². The molecule has 3 N–H and O–H groups in total. The summed E-state index contributed by atoms with van der Waals surface area (Å²) in [6.45, 7) is 0. The first kappa shape index (κ1) is 18.7. The molecule has 0 radical (unpaired) electrons. The van der Waals surface area contributed by atoms with Crippen LogP contribution in [0.1, 0.15) is 54.3 Å². The van der Waals surface area contributed by atoms with Crippen molar-refractivity contribution in [3.63, 3.8) is 0 Å². The second-order valence-electron chi connectivity index (χ2n) is 7.76. The predicted molar refractivity (Wildman–Crippen MR) is 116 cm³/mol. The van der Waals surface area contributed by atoms with Gasteiger partial charge in [-0.25, -0.2) is 9.98 Å². The smallest absolute Gasteiger partial charge is 0.306 e. The fourth-order valence-electron chi connectivity index (χ4n) is 4.41. The van der Waals surface area contributed by atoms with E-state index in [1.807, 2.05) is 12.4 Å². The molecule has 1 unspecified atom stereocenters. The van der Waals surface area contributed by atoms with Crippen LogP contribution in [-0.2, 0) is 11.2 Å². The van der Waals surface area contributed by atoms with E-state index in [0.717, 1.165) is 45.6 Å². The van der Waals surface area contributed by atoms with Crippen molar-refractivity contribution >= 4 is 55.9 Å². The van der Waals surface area contributed by atoms with Gasteiger partial charge in [0, 0.05) is 23.6 Å². The van der Waals surface area contributed by atoms with Gasteiger partial charge in [-0.3, -0.25) is 4.79 Å². The minimum absolute atomic E-state index is 0.110. The summed E-state index contributed by atoms with van der Waals surface area (Å²) in [6, 6.07) is 2.12. The average Bonchev–Trinajstić information content (AvgIpc) is 3.37. The zero-order valence-corrected chi connectivity index (χ0v) is 18.0. The maximum atomic E-state index is 11.3. The maximum absolute atomic E-state index is 11.3. The number of aromatic nitrogens is 3. The van der Waals surface area contributed by atoms with Crippen LogP contribution in [0.15, 0.2) is 27.1 Å². The summed E-state index contributed by atoms with van der Waals surface area (Å²) in [7, 11) is 0. The molecule has 0 bridgehead atoms. The second kappa shape index (κ2) is 7.21. The molecule has 1 aliphatic carbocycles. The number of hydrogen-bond acceptors (Lipinski definition) is 6. The highest BCUT2D eigenvalue weighted by atomic mass is 79.9. The van der Waals surface area contributed by atoms with Crippen LogP contribution in [0.25, 0.3) is 5.65 Å². The van der Waals surface area contributed by atoms with Gasteiger partial charge in [-0.05, 0) is 65.0 Å². The van der Waals surface area contributed by atoms with Gasteiger partial charge in [0.2, 0.25) is 0 Å². The predicted octanol–water partition coefficient (Wildman–Crippen LogP) is 4.54. The van der Waals surface area contributed by atoms with Gasteiger partial charge in [0.15, 0.2) is 5.65 Å². The number of anilines is 1. The molecule has 0 saturated heterocycles. The SMILES string of the molecule is Nc1c(Br)c(C2CCC(C(=O)O)CC2)nc2c(C3C=Nc4sccc4C3)cnn12. The van der Waals surface area contributed by atoms with Gasteiger partial charge in [0.25, 0.3) is 0 Å². The summed E-state index contributed by atoms with van der Waals surface area (Å²) in [4.78, 5) is 20.9. The zero-order valence-electron chi connectivity index (χ0n) is 15.6. The van der Waals surface area contributed by atoms with E-state index in [1.54, 1.807) is 15.9 Å². The van der Waals surface area contributed by atoms with Gasteiger partial charge in [-0.1, -0.05) is 0 Å². The number of carboxylic acid groups (broad SMARTS) is 1. The molecule has 2 aliphatic rings. The first-order valence-corrected chi connectivity index (χ1v) is 11.4. The van der Waals surface area contributed by atoms with Gasteiger partial charge in [0.1, 0.15) is 10.8 Å². The molecule has 4 heterocycles.